The maximum Gasteiger partial charge on any atom is 0.408 e. The van der Waals surface area contributed by atoms with Crippen LogP contribution < -0.4 is 24.8 Å². The van der Waals surface area contributed by atoms with E-state index in [9.17, 15) is 32.0 Å². The fourth-order valence-electron chi connectivity index (χ4n) is 8.05. The zero-order valence-electron chi connectivity index (χ0n) is 33.1. The van der Waals surface area contributed by atoms with Gasteiger partial charge in [0.2, 0.25) is 33.6 Å². The molecule has 2 aliphatic heterocycles. The van der Waals surface area contributed by atoms with E-state index in [1.54, 1.807) is 33.8 Å². The molecule has 2 aliphatic carbocycles. The molecule has 14 nitrogen and oxygen atoms in total. The maximum absolute atomic E-state index is 14.8. The lowest BCUT2D eigenvalue weighted by molar-refractivity contribution is -0.142. The molecule has 0 spiro atoms. The SMILES string of the molecule is CCC1(S(=O)(=O)NC(=O)[C@@]23C[C@H]2/C=C\CC[C@H](C)C[C@@H](C)[C@H](NC(=O)OC(C)(C)C)C(=O)N2C[C@H](Oc4nc(OC)cc5cc(F)ccc45)C[C@H]2C(=O)N3)CC1. The molecule has 6 rings (SSSR count). The van der Waals surface area contributed by atoms with Crippen molar-refractivity contribution in [3.05, 3.63) is 42.2 Å². The van der Waals surface area contributed by atoms with Gasteiger partial charge in [0.1, 0.15) is 35.1 Å². The second-order valence-electron chi connectivity index (χ2n) is 17.0. The number of ether oxygens (including phenoxy) is 3. The number of hydrogen-bond acceptors (Lipinski definition) is 10. The van der Waals surface area contributed by atoms with E-state index >= 15 is 0 Å². The van der Waals surface area contributed by atoms with Gasteiger partial charge in [0, 0.05) is 23.8 Å². The first-order valence-electron chi connectivity index (χ1n) is 19.5. The molecule has 2 saturated carbocycles. The minimum atomic E-state index is -4.04. The summed E-state index contributed by atoms with van der Waals surface area (Å²) in [7, 11) is -2.62. The molecule has 3 N–H and O–H groups in total. The molecule has 306 valence electrons. The predicted octanol–water partition coefficient (Wildman–Crippen LogP) is 4.90. The molecule has 56 heavy (non-hydrogen) atoms. The molecule has 0 unspecified atom stereocenters. The molecule has 0 radical (unpaired) electrons. The number of carbonyl (C=O) groups is 4. The largest absolute Gasteiger partial charge is 0.481 e. The molecule has 4 amide bonds. The maximum atomic E-state index is 14.8. The number of nitrogens with zero attached hydrogens (tertiary/aromatic N) is 2. The lowest BCUT2D eigenvalue weighted by Crippen LogP contribution is -2.59. The molecule has 1 saturated heterocycles. The van der Waals surface area contributed by atoms with Crippen LogP contribution in [0.15, 0.2) is 36.4 Å². The van der Waals surface area contributed by atoms with Gasteiger partial charge in [0.15, 0.2) is 0 Å². The van der Waals surface area contributed by atoms with E-state index < -0.39 is 79.6 Å². The number of aromatic nitrogens is 1. The van der Waals surface area contributed by atoms with Gasteiger partial charge >= 0.3 is 6.09 Å². The Morgan fingerprint density at radius 3 is 2.52 bits per heavy atom. The second kappa shape index (κ2) is 15.5. The summed E-state index contributed by atoms with van der Waals surface area (Å²) >= 11 is 0. The topological polar surface area (TPSA) is 182 Å². The van der Waals surface area contributed by atoms with E-state index in [0.717, 1.165) is 6.42 Å². The second-order valence-corrected chi connectivity index (χ2v) is 19.1. The van der Waals surface area contributed by atoms with Gasteiger partial charge in [-0.3, -0.25) is 19.1 Å². The summed E-state index contributed by atoms with van der Waals surface area (Å²) in [5, 5.41) is 6.60. The molecular formula is C40H54FN5O9S. The number of hydrogen-bond donors (Lipinski definition) is 3. The highest BCUT2D eigenvalue weighted by Gasteiger charge is 2.63. The zero-order valence-corrected chi connectivity index (χ0v) is 34.0. The molecule has 3 heterocycles. The predicted molar refractivity (Wildman–Crippen MR) is 206 cm³/mol. The van der Waals surface area contributed by atoms with E-state index in [4.69, 9.17) is 14.2 Å². The number of methoxy groups -OCH3 is 1. The van der Waals surface area contributed by atoms with E-state index in [2.05, 4.69) is 27.3 Å². The van der Waals surface area contributed by atoms with Crippen LogP contribution in [0.5, 0.6) is 11.8 Å². The van der Waals surface area contributed by atoms with Gasteiger partial charge < -0.3 is 29.7 Å². The molecule has 4 aliphatic rings. The van der Waals surface area contributed by atoms with Gasteiger partial charge in [-0.15, -0.1) is 0 Å². The minimum absolute atomic E-state index is 0.0431. The molecule has 1 aromatic heterocycles. The molecule has 16 heteroatoms. The molecule has 1 aromatic carbocycles. The van der Waals surface area contributed by atoms with Crippen LogP contribution in [-0.2, 0) is 29.1 Å². The van der Waals surface area contributed by atoms with Crippen LogP contribution in [0.2, 0.25) is 0 Å². The normalized spacial score (nSPS) is 29.8. The average molecular weight is 800 g/mol. The van der Waals surface area contributed by atoms with Gasteiger partial charge in [-0.25, -0.2) is 17.6 Å². The lowest BCUT2D eigenvalue weighted by atomic mass is 9.88. The summed E-state index contributed by atoms with van der Waals surface area (Å²) in [6, 6.07) is 3.37. The number of fused-ring (bicyclic) bond motifs is 3. The summed E-state index contributed by atoms with van der Waals surface area (Å²) < 4.78 is 59.6. The number of halogens is 1. The van der Waals surface area contributed by atoms with Crippen LogP contribution in [0.3, 0.4) is 0 Å². The number of sulfonamides is 1. The highest BCUT2D eigenvalue weighted by Crippen LogP contribution is 2.49. The first-order chi connectivity index (χ1) is 26.3. The van der Waals surface area contributed by atoms with E-state index in [-0.39, 0.29) is 43.0 Å². The monoisotopic (exact) mass is 799 g/mol. The van der Waals surface area contributed by atoms with Crippen LogP contribution in [-0.4, -0.2) is 89.8 Å². The van der Waals surface area contributed by atoms with Crippen molar-refractivity contribution in [2.45, 2.75) is 127 Å². The third-order valence-electron chi connectivity index (χ3n) is 11.6. The van der Waals surface area contributed by atoms with Gasteiger partial charge in [-0.2, -0.15) is 4.98 Å². The Labute approximate surface area is 327 Å². The van der Waals surface area contributed by atoms with Crippen molar-refractivity contribution < 1.29 is 46.2 Å². The average Bonchev–Trinajstić information content (AvgIpc) is 4.02. The Bertz CT molecular complexity index is 2020. The molecular weight excluding hydrogens is 746 g/mol. The smallest absolute Gasteiger partial charge is 0.408 e. The number of rotatable bonds is 8. The van der Waals surface area contributed by atoms with Crippen LogP contribution in [0.25, 0.3) is 10.8 Å². The van der Waals surface area contributed by atoms with Gasteiger partial charge in [0.05, 0.1) is 18.4 Å². The third-order valence-corrected chi connectivity index (χ3v) is 13.9. The van der Waals surface area contributed by atoms with Crippen LogP contribution >= 0.6 is 0 Å². The zero-order chi connectivity index (χ0) is 40.8. The molecule has 0 bridgehead atoms. The van der Waals surface area contributed by atoms with Gasteiger partial charge in [0.25, 0.3) is 5.91 Å². The summed E-state index contributed by atoms with van der Waals surface area (Å²) in [6.07, 6.45) is 5.50. The number of nitrogens with one attached hydrogen (secondary N) is 3. The Morgan fingerprint density at radius 2 is 1.86 bits per heavy atom. The first kappa shape index (κ1) is 41.2. The van der Waals surface area contributed by atoms with Crippen molar-refractivity contribution in [1.82, 2.24) is 25.2 Å². The number of allylic oxidation sites excluding steroid dienone is 1. The minimum Gasteiger partial charge on any atom is -0.481 e. The van der Waals surface area contributed by atoms with Crippen LogP contribution in [0.1, 0.15) is 92.9 Å². The van der Waals surface area contributed by atoms with Crippen molar-refractivity contribution in [3.8, 4) is 11.8 Å². The standard InChI is InChI=1S/C40H54FN5O9S/c1-8-39(15-16-39)56(51,52)45-36(49)40-21-26(40)12-10-9-11-23(2)17-24(3)32(43-37(50)55-38(4,5)6)35(48)46-22-28(20-30(46)33(47)44-40)54-34-29-14-13-27(41)18-25(29)19-31(42-34)53-7/h10,12-14,18-19,23-24,26,28,30,32H,8-9,11,15-17,20-22H2,1-7H3,(H,43,50)(H,44,47)(H,45,49)/b12-10-/t23-,24+,26+,28+,30-,32-,40+/m0/s1. The Balaban J connectivity index is 1.36. The summed E-state index contributed by atoms with van der Waals surface area (Å²) in [5.41, 5.74) is -2.42. The molecule has 2 aromatic rings. The van der Waals surface area contributed by atoms with Crippen molar-refractivity contribution in [2.75, 3.05) is 13.7 Å². The number of carbonyl (C=O) groups excluding carboxylic acids is 4. The summed E-state index contributed by atoms with van der Waals surface area (Å²) in [4.78, 5) is 62.4. The molecule has 7 atom stereocenters. The van der Waals surface area contributed by atoms with Crippen molar-refractivity contribution in [1.29, 1.82) is 0 Å². The first-order valence-corrected chi connectivity index (χ1v) is 20.9. The Kier molecular flexibility index (Phi) is 11.4. The van der Waals surface area contributed by atoms with Crippen molar-refractivity contribution >= 4 is 44.6 Å². The quantitative estimate of drug-likeness (QED) is 0.311. The Hall–Kier alpha value is -4.47. The fraction of sp³-hybridized carbons (Fsp3) is 0.625. The third kappa shape index (κ3) is 8.59. The highest BCUT2D eigenvalue weighted by atomic mass is 32.2. The number of benzene rings is 1. The number of amides is 4. The van der Waals surface area contributed by atoms with Gasteiger partial charge in [-0.1, -0.05) is 32.9 Å². The number of alkyl carbamates (subject to hydrolysis) is 1. The van der Waals surface area contributed by atoms with E-state index in [0.29, 0.717) is 42.9 Å². The fourth-order valence-corrected chi connectivity index (χ4v) is 9.71. The van der Waals surface area contributed by atoms with Crippen LogP contribution in [0, 0.1) is 23.6 Å². The van der Waals surface area contributed by atoms with E-state index in [1.807, 2.05) is 19.1 Å². The summed E-state index contributed by atoms with van der Waals surface area (Å²) in [5.74, 6) is -3.00. The van der Waals surface area contributed by atoms with Crippen molar-refractivity contribution in [3.63, 3.8) is 0 Å². The van der Waals surface area contributed by atoms with Crippen molar-refractivity contribution in [2.24, 2.45) is 17.8 Å². The van der Waals surface area contributed by atoms with Gasteiger partial charge in [-0.05, 0) is 101 Å². The lowest BCUT2D eigenvalue weighted by Gasteiger charge is -2.33. The molecule has 3 fully saturated rings. The highest BCUT2D eigenvalue weighted by molar-refractivity contribution is 7.91. The Morgan fingerprint density at radius 1 is 1.12 bits per heavy atom. The number of pyridine rings is 1. The van der Waals surface area contributed by atoms with E-state index in [1.165, 1.54) is 30.2 Å². The van der Waals surface area contributed by atoms with Crippen LogP contribution in [0.4, 0.5) is 9.18 Å². The summed E-state index contributed by atoms with van der Waals surface area (Å²) in [6.45, 7) is 10.7.